The molecule has 0 atom stereocenters. The Morgan fingerprint density at radius 3 is 2.31 bits per heavy atom. The third-order valence-electron chi connectivity index (χ3n) is 4.96. The van der Waals surface area contributed by atoms with E-state index in [0.717, 1.165) is 24.2 Å². The van der Waals surface area contributed by atoms with Gasteiger partial charge < -0.3 is 9.84 Å². The van der Waals surface area contributed by atoms with E-state index in [0.29, 0.717) is 13.0 Å². The lowest BCUT2D eigenvalue weighted by atomic mass is 10.0. The number of hydrogen-bond donors (Lipinski definition) is 1. The van der Waals surface area contributed by atoms with Crippen molar-refractivity contribution in [3.63, 3.8) is 0 Å². The Labute approximate surface area is 155 Å². The number of rotatable bonds is 8. The molecule has 1 aliphatic rings. The van der Waals surface area contributed by atoms with Crippen molar-refractivity contribution < 1.29 is 14.6 Å². The highest BCUT2D eigenvalue weighted by Gasteiger charge is 2.15. The minimum absolute atomic E-state index is 0.162. The fourth-order valence-corrected chi connectivity index (χ4v) is 3.38. The molecule has 3 heteroatoms. The first kappa shape index (κ1) is 18.2. The van der Waals surface area contributed by atoms with Crippen molar-refractivity contribution in [3.05, 3.63) is 76.4 Å². The number of aliphatic carboxylic acids is 1. The number of carboxylic acid groups (broad SMARTS) is 1. The zero-order valence-corrected chi connectivity index (χ0v) is 15.3. The summed E-state index contributed by atoms with van der Waals surface area (Å²) in [7, 11) is 0. The zero-order chi connectivity index (χ0) is 18.4. The van der Waals surface area contributed by atoms with E-state index in [1.165, 1.54) is 35.1 Å². The van der Waals surface area contributed by atoms with Crippen molar-refractivity contribution in [2.75, 3.05) is 6.61 Å². The molecule has 1 aliphatic carbocycles. The highest BCUT2D eigenvalue weighted by molar-refractivity contribution is 5.67. The quantitative estimate of drug-likeness (QED) is 0.673. The van der Waals surface area contributed by atoms with Crippen LogP contribution in [0.5, 0.6) is 5.75 Å². The van der Waals surface area contributed by atoms with E-state index in [9.17, 15) is 4.79 Å². The van der Waals surface area contributed by atoms with Crippen LogP contribution in [0.25, 0.3) is 0 Å². The van der Waals surface area contributed by atoms with Crippen LogP contribution in [0.4, 0.5) is 0 Å². The Morgan fingerprint density at radius 2 is 1.62 bits per heavy atom. The monoisotopic (exact) mass is 350 g/mol. The molecule has 2 aromatic rings. The average molecular weight is 350 g/mol. The maximum Gasteiger partial charge on any atom is 0.303 e. The van der Waals surface area contributed by atoms with Crippen LogP contribution in [0.1, 0.15) is 42.4 Å². The molecule has 2 aromatic carbocycles. The zero-order valence-electron chi connectivity index (χ0n) is 15.3. The van der Waals surface area contributed by atoms with Gasteiger partial charge in [-0.05, 0) is 67.9 Å². The van der Waals surface area contributed by atoms with Crippen LogP contribution >= 0.6 is 0 Å². The fourth-order valence-electron chi connectivity index (χ4n) is 3.38. The predicted molar refractivity (Wildman–Crippen MR) is 104 cm³/mol. The van der Waals surface area contributed by atoms with E-state index >= 15 is 0 Å². The summed E-state index contributed by atoms with van der Waals surface area (Å²) >= 11 is 0. The summed E-state index contributed by atoms with van der Waals surface area (Å²) in [5, 5.41) is 8.75. The molecule has 3 rings (SSSR count). The summed E-state index contributed by atoms with van der Waals surface area (Å²) in [5.41, 5.74) is 6.64. The SMILES string of the molecule is Cc1ccc(CC2=C(COc3ccc(CCC(=O)O)cc3)CCC2)cc1. The van der Waals surface area contributed by atoms with E-state index in [1.54, 1.807) is 0 Å². The second-order valence-corrected chi connectivity index (χ2v) is 7.05. The molecule has 0 unspecified atom stereocenters. The largest absolute Gasteiger partial charge is 0.489 e. The standard InChI is InChI=1S/C23H26O3/c1-17-5-7-19(8-6-17)15-20-3-2-4-21(20)16-26-22-12-9-18(10-13-22)11-14-23(24)25/h5-10,12-13H,2-4,11,14-16H2,1H3,(H,24,25). The van der Waals surface area contributed by atoms with Gasteiger partial charge in [-0.2, -0.15) is 0 Å². The summed E-state index contributed by atoms with van der Waals surface area (Å²) in [4.78, 5) is 10.6. The number of carboxylic acids is 1. The number of hydrogen-bond acceptors (Lipinski definition) is 2. The lowest BCUT2D eigenvalue weighted by Crippen LogP contribution is -2.03. The smallest absolute Gasteiger partial charge is 0.303 e. The Balaban J connectivity index is 1.57. The number of ether oxygens (including phenoxy) is 1. The van der Waals surface area contributed by atoms with Crippen molar-refractivity contribution in [1.82, 2.24) is 0 Å². The fraction of sp³-hybridized carbons (Fsp3) is 0.348. The first-order valence-corrected chi connectivity index (χ1v) is 9.29. The van der Waals surface area contributed by atoms with Crippen molar-refractivity contribution in [3.8, 4) is 5.75 Å². The molecular weight excluding hydrogens is 324 g/mol. The summed E-state index contributed by atoms with van der Waals surface area (Å²) < 4.78 is 5.98. The molecule has 0 aliphatic heterocycles. The van der Waals surface area contributed by atoms with Crippen molar-refractivity contribution in [2.45, 2.75) is 45.4 Å². The lowest BCUT2D eigenvalue weighted by molar-refractivity contribution is -0.136. The van der Waals surface area contributed by atoms with Crippen LogP contribution in [0.2, 0.25) is 0 Å². The summed E-state index contributed by atoms with van der Waals surface area (Å²) in [6.07, 6.45) is 5.25. The first-order valence-electron chi connectivity index (χ1n) is 9.29. The molecule has 3 nitrogen and oxygen atoms in total. The second-order valence-electron chi connectivity index (χ2n) is 7.05. The van der Waals surface area contributed by atoms with Crippen LogP contribution in [0.15, 0.2) is 59.7 Å². The van der Waals surface area contributed by atoms with Crippen molar-refractivity contribution >= 4 is 5.97 Å². The van der Waals surface area contributed by atoms with Gasteiger partial charge >= 0.3 is 5.97 Å². The topological polar surface area (TPSA) is 46.5 Å². The maximum absolute atomic E-state index is 10.6. The number of allylic oxidation sites excluding steroid dienone is 1. The van der Waals surface area contributed by atoms with Gasteiger partial charge in [-0.3, -0.25) is 4.79 Å². The third kappa shape index (κ3) is 5.22. The summed E-state index contributed by atoms with van der Waals surface area (Å²) in [6, 6.07) is 16.6. The summed E-state index contributed by atoms with van der Waals surface area (Å²) in [5.74, 6) is 0.0813. The van der Waals surface area contributed by atoms with E-state index in [4.69, 9.17) is 9.84 Å². The number of benzene rings is 2. The first-order chi connectivity index (χ1) is 12.6. The van der Waals surface area contributed by atoms with Gasteiger partial charge in [0.05, 0.1) is 0 Å². The van der Waals surface area contributed by atoms with Crippen LogP contribution in [-0.4, -0.2) is 17.7 Å². The van der Waals surface area contributed by atoms with E-state index in [2.05, 4.69) is 31.2 Å². The minimum Gasteiger partial charge on any atom is -0.489 e. The molecule has 1 N–H and O–H groups in total. The Morgan fingerprint density at radius 1 is 0.962 bits per heavy atom. The number of aryl methyl sites for hydroxylation is 2. The molecule has 0 fully saturated rings. The van der Waals surface area contributed by atoms with Gasteiger partial charge in [0, 0.05) is 6.42 Å². The average Bonchev–Trinajstić information content (AvgIpc) is 3.08. The normalized spacial score (nSPS) is 13.9. The minimum atomic E-state index is -0.764. The molecule has 0 heterocycles. The van der Waals surface area contributed by atoms with Gasteiger partial charge in [0.25, 0.3) is 0 Å². The van der Waals surface area contributed by atoms with E-state index in [-0.39, 0.29) is 6.42 Å². The Hall–Kier alpha value is -2.55. The van der Waals surface area contributed by atoms with Crippen LogP contribution in [0.3, 0.4) is 0 Å². The predicted octanol–water partition coefficient (Wildman–Crippen LogP) is 5.11. The van der Waals surface area contributed by atoms with E-state index in [1.807, 2.05) is 24.3 Å². The molecule has 0 spiro atoms. The maximum atomic E-state index is 10.6. The highest BCUT2D eigenvalue weighted by atomic mass is 16.5. The van der Waals surface area contributed by atoms with Gasteiger partial charge in [-0.1, -0.05) is 47.5 Å². The lowest BCUT2D eigenvalue weighted by Gasteiger charge is -2.11. The van der Waals surface area contributed by atoms with Gasteiger partial charge in [-0.25, -0.2) is 0 Å². The molecule has 26 heavy (non-hydrogen) atoms. The Bertz CT molecular complexity index is 770. The second kappa shape index (κ2) is 8.70. The van der Waals surface area contributed by atoms with Crippen molar-refractivity contribution in [2.24, 2.45) is 0 Å². The third-order valence-corrected chi connectivity index (χ3v) is 4.96. The number of carbonyl (C=O) groups is 1. The molecule has 0 saturated carbocycles. The van der Waals surface area contributed by atoms with E-state index < -0.39 is 5.97 Å². The molecule has 0 aromatic heterocycles. The summed E-state index contributed by atoms with van der Waals surface area (Å²) in [6.45, 7) is 2.76. The van der Waals surface area contributed by atoms with Crippen LogP contribution in [-0.2, 0) is 17.6 Å². The van der Waals surface area contributed by atoms with Gasteiger partial charge in [0.15, 0.2) is 0 Å². The van der Waals surface area contributed by atoms with Gasteiger partial charge in [-0.15, -0.1) is 0 Å². The highest BCUT2D eigenvalue weighted by Crippen LogP contribution is 2.29. The Kier molecular flexibility index (Phi) is 6.11. The van der Waals surface area contributed by atoms with Gasteiger partial charge in [0.1, 0.15) is 12.4 Å². The molecule has 0 bridgehead atoms. The molecule has 0 amide bonds. The molecule has 0 radical (unpaired) electrons. The van der Waals surface area contributed by atoms with Crippen LogP contribution < -0.4 is 4.74 Å². The molecule has 0 saturated heterocycles. The van der Waals surface area contributed by atoms with Crippen LogP contribution in [0, 0.1) is 6.92 Å². The molecular formula is C23H26O3. The van der Waals surface area contributed by atoms with Gasteiger partial charge in [0.2, 0.25) is 0 Å². The molecule has 136 valence electrons. The van der Waals surface area contributed by atoms with Crippen molar-refractivity contribution in [1.29, 1.82) is 0 Å².